The average Bonchev–Trinajstić information content (AvgIpc) is 2.78. The van der Waals surface area contributed by atoms with E-state index in [9.17, 15) is 9.59 Å². The monoisotopic (exact) mass is 438 g/mol. The molecule has 0 spiro atoms. The van der Waals surface area contributed by atoms with Crippen LogP contribution in [0.2, 0.25) is 5.02 Å². The summed E-state index contributed by atoms with van der Waals surface area (Å²) in [5.74, 6) is -0.231. The first-order valence-corrected chi connectivity index (χ1v) is 11.4. The number of rotatable bonds is 9. The summed E-state index contributed by atoms with van der Waals surface area (Å²) in [4.78, 5) is 27.5. The fourth-order valence-corrected chi connectivity index (χ4v) is 4.13. The summed E-state index contributed by atoms with van der Waals surface area (Å²) in [6, 6.07) is 16.7. The molecule has 0 aromatic heterocycles. The van der Waals surface area contributed by atoms with Crippen LogP contribution >= 0.6 is 11.6 Å². The first-order chi connectivity index (χ1) is 15.0. The van der Waals surface area contributed by atoms with Gasteiger partial charge in [0.25, 0.3) is 0 Å². The fourth-order valence-electron chi connectivity index (χ4n) is 4.01. The van der Waals surface area contributed by atoms with Gasteiger partial charge in [-0.2, -0.15) is 0 Å². The normalized spacial score (nSPS) is 14.5. The molecule has 1 N–H and O–H groups in total. The quantitative estimate of drug-likeness (QED) is 0.539. The van der Waals surface area contributed by atoms with E-state index in [2.05, 4.69) is 11.4 Å². The maximum atomic E-state index is 13.2. The van der Waals surface area contributed by atoms with Gasteiger partial charge in [0.15, 0.2) is 0 Å². The number of nitrogens with one attached hydrogen (secondary N) is 1. The average molecular weight is 439 g/mol. The highest BCUT2D eigenvalue weighted by Crippen LogP contribution is 2.20. The number of halogens is 1. The molecule has 3 rings (SSSR count). The molecule has 0 unspecified atom stereocenters. The maximum Gasteiger partial charge on any atom is 0.243 e. The van der Waals surface area contributed by atoms with E-state index in [-0.39, 0.29) is 11.8 Å². The van der Waals surface area contributed by atoms with Crippen molar-refractivity contribution in [1.82, 2.24) is 10.2 Å². The summed E-state index contributed by atoms with van der Waals surface area (Å²) in [7, 11) is 0. The number of carbonyl (C=O) groups excluding carboxylic acids is 2. The summed E-state index contributed by atoms with van der Waals surface area (Å²) < 4.78 is 0. The Morgan fingerprint density at radius 2 is 1.77 bits per heavy atom. The minimum absolute atomic E-state index is 0.107. The van der Waals surface area contributed by atoms with Crippen molar-refractivity contribution in [3.05, 3.63) is 82.4 Å². The van der Waals surface area contributed by atoms with Crippen molar-refractivity contribution < 1.29 is 9.59 Å². The number of amides is 2. The van der Waals surface area contributed by atoms with Gasteiger partial charge >= 0.3 is 0 Å². The topological polar surface area (TPSA) is 49.4 Å². The molecule has 0 fully saturated rings. The highest BCUT2D eigenvalue weighted by atomic mass is 35.5. The van der Waals surface area contributed by atoms with Gasteiger partial charge in [-0.15, -0.1) is 0 Å². The molecule has 0 saturated heterocycles. The van der Waals surface area contributed by atoms with Crippen LogP contribution < -0.4 is 5.32 Å². The molecule has 2 amide bonds. The third-order valence-corrected chi connectivity index (χ3v) is 6.00. The smallest absolute Gasteiger partial charge is 0.243 e. The summed E-state index contributed by atoms with van der Waals surface area (Å²) in [6.07, 6.45) is 8.41. The van der Waals surface area contributed by atoms with Crippen LogP contribution in [-0.4, -0.2) is 29.3 Å². The molecule has 1 aliphatic carbocycles. The van der Waals surface area contributed by atoms with Crippen molar-refractivity contribution in [2.45, 2.75) is 58.0 Å². The maximum absolute atomic E-state index is 13.2. The van der Waals surface area contributed by atoms with Crippen molar-refractivity contribution in [2.75, 3.05) is 6.54 Å². The van der Waals surface area contributed by atoms with E-state index >= 15 is 0 Å². The summed E-state index contributed by atoms with van der Waals surface area (Å²) in [5, 5.41) is 3.73. The van der Waals surface area contributed by atoms with E-state index in [1.807, 2.05) is 42.5 Å². The minimum atomic E-state index is -0.573. The van der Waals surface area contributed by atoms with Gasteiger partial charge < -0.3 is 10.2 Å². The van der Waals surface area contributed by atoms with E-state index < -0.39 is 6.04 Å². The number of benzene rings is 2. The lowest BCUT2D eigenvalue weighted by atomic mass is 9.97. The second kappa shape index (κ2) is 11.7. The van der Waals surface area contributed by atoms with Gasteiger partial charge in [0.1, 0.15) is 6.04 Å². The number of carbonyl (C=O) groups is 2. The van der Waals surface area contributed by atoms with E-state index in [0.29, 0.717) is 24.5 Å². The molecule has 1 atom stereocenters. The highest BCUT2D eigenvalue weighted by Gasteiger charge is 2.28. The van der Waals surface area contributed by atoms with Crippen LogP contribution in [0.5, 0.6) is 0 Å². The van der Waals surface area contributed by atoms with Gasteiger partial charge in [-0.3, -0.25) is 9.59 Å². The Labute approximate surface area is 190 Å². The zero-order valence-electron chi connectivity index (χ0n) is 18.1. The van der Waals surface area contributed by atoms with E-state index in [1.54, 1.807) is 17.0 Å². The Morgan fingerprint density at radius 3 is 2.42 bits per heavy atom. The number of nitrogens with zero attached hydrogens (tertiary/aromatic N) is 1. The fraction of sp³-hybridized carbons (Fsp3) is 0.385. The Bertz CT molecular complexity index is 893. The second-order valence-corrected chi connectivity index (χ2v) is 8.56. The minimum Gasteiger partial charge on any atom is -0.354 e. The standard InChI is InChI=1S/C26H31ClN2O2/c1-20(30)29(19-23-12-14-24(27)15-13-23)25(18-22-10-6-3-7-11-22)26(31)28-17-16-21-8-4-2-5-9-21/h3,6-8,10-15,25H,2,4-5,9,16-19H2,1H3,(H,28,31)/t25-/m1/s1. The Morgan fingerprint density at radius 1 is 1.03 bits per heavy atom. The predicted molar refractivity (Wildman–Crippen MR) is 126 cm³/mol. The molecule has 0 bridgehead atoms. The van der Waals surface area contributed by atoms with Gasteiger partial charge in [0.2, 0.25) is 11.8 Å². The van der Waals surface area contributed by atoms with Crippen LogP contribution in [-0.2, 0) is 22.6 Å². The summed E-state index contributed by atoms with van der Waals surface area (Å²) in [6.45, 7) is 2.49. The largest absolute Gasteiger partial charge is 0.354 e. The Balaban J connectivity index is 1.73. The molecule has 0 aliphatic heterocycles. The molecule has 164 valence electrons. The van der Waals surface area contributed by atoms with Gasteiger partial charge in [-0.1, -0.05) is 65.7 Å². The lowest BCUT2D eigenvalue weighted by Crippen LogP contribution is -2.50. The molecule has 4 nitrogen and oxygen atoms in total. The van der Waals surface area contributed by atoms with Gasteiger partial charge in [0, 0.05) is 31.5 Å². The van der Waals surface area contributed by atoms with Crippen LogP contribution in [0, 0.1) is 0 Å². The summed E-state index contributed by atoms with van der Waals surface area (Å²) in [5.41, 5.74) is 3.40. The molecule has 5 heteroatoms. The van der Waals surface area contributed by atoms with E-state index in [0.717, 1.165) is 30.4 Å². The Kier molecular flexibility index (Phi) is 8.72. The molecular formula is C26H31ClN2O2. The van der Waals surface area contributed by atoms with Crippen LogP contribution in [0.25, 0.3) is 0 Å². The number of allylic oxidation sites excluding steroid dienone is 1. The van der Waals surface area contributed by atoms with Crippen LogP contribution in [0.15, 0.2) is 66.2 Å². The summed E-state index contributed by atoms with van der Waals surface area (Å²) >= 11 is 6.00. The predicted octanol–water partition coefficient (Wildman–Crippen LogP) is 5.31. The zero-order chi connectivity index (χ0) is 22.1. The van der Waals surface area contributed by atoms with Crippen LogP contribution in [0.4, 0.5) is 0 Å². The molecule has 0 heterocycles. The Hall–Kier alpha value is -2.59. The van der Waals surface area contributed by atoms with Crippen molar-refractivity contribution >= 4 is 23.4 Å². The van der Waals surface area contributed by atoms with Gasteiger partial charge in [0.05, 0.1) is 0 Å². The first-order valence-electron chi connectivity index (χ1n) is 11.0. The van der Waals surface area contributed by atoms with Gasteiger partial charge in [-0.05, 0) is 55.4 Å². The molecule has 1 aliphatic rings. The van der Waals surface area contributed by atoms with E-state index in [1.165, 1.54) is 25.3 Å². The van der Waals surface area contributed by atoms with Crippen molar-refractivity contribution in [1.29, 1.82) is 0 Å². The molecule has 0 radical (unpaired) electrons. The lowest BCUT2D eigenvalue weighted by Gasteiger charge is -2.30. The SMILES string of the molecule is CC(=O)N(Cc1ccc(Cl)cc1)[C@H](Cc1ccccc1)C(=O)NCCC1=CCCCC1. The molecule has 2 aromatic rings. The van der Waals surface area contributed by atoms with Crippen molar-refractivity contribution in [2.24, 2.45) is 0 Å². The first kappa shape index (κ1) is 23.1. The lowest BCUT2D eigenvalue weighted by molar-refractivity contribution is -0.139. The highest BCUT2D eigenvalue weighted by molar-refractivity contribution is 6.30. The number of hydrogen-bond acceptors (Lipinski definition) is 2. The van der Waals surface area contributed by atoms with Crippen molar-refractivity contribution in [3.8, 4) is 0 Å². The zero-order valence-corrected chi connectivity index (χ0v) is 18.9. The van der Waals surface area contributed by atoms with Crippen LogP contribution in [0.1, 0.15) is 50.2 Å². The van der Waals surface area contributed by atoms with Crippen molar-refractivity contribution in [3.63, 3.8) is 0 Å². The third-order valence-electron chi connectivity index (χ3n) is 5.75. The van der Waals surface area contributed by atoms with Gasteiger partial charge in [-0.25, -0.2) is 0 Å². The van der Waals surface area contributed by atoms with Crippen LogP contribution in [0.3, 0.4) is 0 Å². The molecule has 31 heavy (non-hydrogen) atoms. The second-order valence-electron chi connectivity index (χ2n) is 8.13. The van der Waals surface area contributed by atoms with E-state index in [4.69, 9.17) is 11.6 Å². The third kappa shape index (κ3) is 7.25. The molecular weight excluding hydrogens is 408 g/mol. The number of hydrogen-bond donors (Lipinski definition) is 1. The molecule has 2 aromatic carbocycles. The molecule has 0 saturated carbocycles.